The maximum Gasteiger partial charge on any atom is 0.249 e. The van der Waals surface area contributed by atoms with E-state index in [1.807, 2.05) is 25.7 Å². The average Bonchev–Trinajstić information content (AvgIpc) is 2.97. The quantitative estimate of drug-likeness (QED) is 0.860. The monoisotopic (exact) mass is 280 g/mol. The summed E-state index contributed by atoms with van der Waals surface area (Å²) in [4.78, 5) is 27.1. The predicted molar refractivity (Wildman–Crippen MR) is 79.2 cm³/mol. The Kier molecular flexibility index (Phi) is 4.40. The fourth-order valence-electron chi connectivity index (χ4n) is 3.88. The molecule has 114 valence electrons. The van der Waals surface area contributed by atoms with Crippen LogP contribution in [-0.4, -0.2) is 34.3 Å². The van der Waals surface area contributed by atoms with Gasteiger partial charge in [0.1, 0.15) is 11.6 Å². The highest BCUT2D eigenvalue weighted by atomic mass is 16.2. The minimum absolute atomic E-state index is 0.00172. The third-order valence-electron chi connectivity index (χ3n) is 5.53. The van der Waals surface area contributed by atoms with Gasteiger partial charge < -0.3 is 10.2 Å². The first kappa shape index (κ1) is 15.3. The second-order valence-electron chi connectivity index (χ2n) is 6.45. The van der Waals surface area contributed by atoms with Crippen molar-refractivity contribution in [3.63, 3.8) is 0 Å². The Hall–Kier alpha value is -1.06. The number of carbonyl (C=O) groups is 2. The van der Waals surface area contributed by atoms with E-state index >= 15 is 0 Å². The summed E-state index contributed by atoms with van der Waals surface area (Å²) >= 11 is 0. The molecule has 1 aliphatic carbocycles. The first-order valence-corrected chi connectivity index (χ1v) is 8.11. The first-order chi connectivity index (χ1) is 9.46. The molecule has 20 heavy (non-hydrogen) atoms. The fourth-order valence-corrected chi connectivity index (χ4v) is 3.88. The normalized spacial score (nSPS) is 28.6. The van der Waals surface area contributed by atoms with E-state index in [0.29, 0.717) is 18.8 Å². The lowest BCUT2D eigenvalue weighted by molar-refractivity contribution is -0.158. The average molecular weight is 280 g/mol. The number of rotatable bonds is 4. The molecule has 2 atom stereocenters. The van der Waals surface area contributed by atoms with Crippen LogP contribution in [0.15, 0.2) is 0 Å². The minimum Gasteiger partial charge on any atom is -0.340 e. The second kappa shape index (κ2) is 5.74. The van der Waals surface area contributed by atoms with Crippen LogP contribution in [0.3, 0.4) is 0 Å². The smallest absolute Gasteiger partial charge is 0.249 e. The zero-order valence-electron chi connectivity index (χ0n) is 13.2. The number of hydrogen-bond acceptors (Lipinski definition) is 2. The predicted octanol–water partition coefficient (Wildman–Crippen LogP) is 2.47. The summed E-state index contributed by atoms with van der Waals surface area (Å²) in [5.41, 5.74) is -0.684. The molecule has 0 aromatic carbocycles. The van der Waals surface area contributed by atoms with E-state index in [1.165, 1.54) is 25.7 Å². The SMILES string of the molecule is CCC1(CC)NC(=O)C(C)N(C(C)C2CCCC2)C1=O. The molecule has 2 amide bonds. The Morgan fingerprint density at radius 1 is 1.25 bits per heavy atom. The van der Waals surface area contributed by atoms with Crippen molar-refractivity contribution in [3.05, 3.63) is 0 Å². The van der Waals surface area contributed by atoms with Crippen LogP contribution in [0.2, 0.25) is 0 Å². The van der Waals surface area contributed by atoms with E-state index in [1.54, 1.807) is 0 Å². The topological polar surface area (TPSA) is 49.4 Å². The summed E-state index contributed by atoms with van der Waals surface area (Å²) in [6.45, 7) is 7.94. The number of carbonyl (C=O) groups excluding carboxylic acids is 2. The molecule has 0 aromatic heterocycles. The molecule has 2 rings (SSSR count). The summed E-state index contributed by atoms with van der Waals surface area (Å²) in [5, 5.41) is 2.97. The maximum absolute atomic E-state index is 13.0. The van der Waals surface area contributed by atoms with Crippen LogP contribution in [0.4, 0.5) is 0 Å². The summed E-state index contributed by atoms with van der Waals surface area (Å²) in [6.07, 6.45) is 6.20. The highest BCUT2D eigenvalue weighted by Crippen LogP contribution is 2.34. The van der Waals surface area contributed by atoms with Crippen LogP contribution in [0, 0.1) is 5.92 Å². The van der Waals surface area contributed by atoms with Gasteiger partial charge in [0, 0.05) is 6.04 Å². The van der Waals surface area contributed by atoms with Crippen molar-refractivity contribution in [2.45, 2.75) is 83.8 Å². The van der Waals surface area contributed by atoms with Gasteiger partial charge in [-0.2, -0.15) is 0 Å². The number of hydrogen-bond donors (Lipinski definition) is 1. The molecule has 1 aliphatic heterocycles. The van der Waals surface area contributed by atoms with E-state index in [4.69, 9.17) is 0 Å². The maximum atomic E-state index is 13.0. The van der Waals surface area contributed by atoms with Crippen molar-refractivity contribution in [2.24, 2.45) is 5.92 Å². The van der Waals surface area contributed by atoms with Gasteiger partial charge in [-0.25, -0.2) is 0 Å². The minimum atomic E-state index is -0.684. The second-order valence-corrected chi connectivity index (χ2v) is 6.45. The third-order valence-corrected chi connectivity index (χ3v) is 5.53. The molecular formula is C16H28N2O2. The van der Waals surface area contributed by atoms with Gasteiger partial charge in [0.15, 0.2) is 0 Å². The summed E-state index contributed by atoms with van der Waals surface area (Å²) < 4.78 is 0. The standard InChI is InChI=1S/C16H28N2O2/c1-5-16(6-2)15(20)18(12(4)14(19)17-16)11(3)13-9-7-8-10-13/h11-13H,5-10H2,1-4H3,(H,17,19). The fraction of sp³-hybridized carbons (Fsp3) is 0.875. The Labute approximate surface area is 122 Å². The Morgan fingerprint density at radius 3 is 2.30 bits per heavy atom. The lowest BCUT2D eigenvalue weighted by atomic mass is 9.85. The van der Waals surface area contributed by atoms with Crippen LogP contribution in [0.5, 0.6) is 0 Å². The number of amides is 2. The Balaban J connectivity index is 2.28. The molecule has 1 heterocycles. The molecule has 4 nitrogen and oxygen atoms in total. The summed E-state index contributed by atoms with van der Waals surface area (Å²) in [5.74, 6) is 0.672. The molecule has 2 fully saturated rings. The Bertz CT molecular complexity index is 384. The van der Waals surface area contributed by atoms with Crippen molar-refractivity contribution < 1.29 is 9.59 Å². The molecule has 2 aliphatic rings. The Morgan fingerprint density at radius 2 is 1.80 bits per heavy atom. The van der Waals surface area contributed by atoms with E-state index in [9.17, 15) is 9.59 Å². The highest BCUT2D eigenvalue weighted by Gasteiger charge is 2.49. The lowest BCUT2D eigenvalue weighted by Crippen LogP contribution is -2.71. The molecule has 1 saturated carbocycles. The van der Waals surface area contributed by atoms with Crippen molar-refractivity contribution in [2.75, 3.05) is 0 Å². The molecule has 4 heteroatoms. The van der Waals surface area contributed by atoms with E-state index in [0.717, 1.165) is 0 Å². The zero-order valence-corrected chi connectivity index (χ0v) is 13.2. The van der Waals surface area contributed by atoms with Gasteiger partial charge >= 0.3 is 0 Å². The molecule has 0 aromatic rings. The van der Waals surface area contributed by atoms with Crippen molar-refractivity contribution >= 4 is 11.8 Å². The van der Waals surface area contributed by atoms with Gasteiger partial charge in [0.25, 0.3) is 0 Å². The lowest BCUT2D eigenvalue weighted by Gasteiger charge is -2.48. The van der Waals surface area contributed by atoms with Crippen molar-refractivity contribution in [1.29, 1.82) is 0 Å². The van der Waals surface area contributed by atoms with Crippen LogP contribution < -0.4 is 5.32 Å². The highest BCUT2D eigenvalue weighted by molar-refractivity contribution is 5.99. The van der Waals surface area contributed by atoms with Gasteiger partial charge in [-0.1, -0.05) is 26.7 Å². The largest absolute Gasteiger partial charge is 0.340 e. The van der Waals surface area contributed by atoms with Gasteiger partial charge in [0.2, 0.25) is 11.8 Å². The summed E-state index contributed by atoms with van der Waals surface area (Å²) in [7, 11) is 0. The zero-order chi connectivity index (χ0) is 14.9. The molecule has 0 spiro atoms. The van der Waals surface area contributed by atoms with Crippen LogP contribution in [0.1, 0.15) is 66.2 Å². The molecule has 0 bridgehead atoms. The van der Waals surface area contributed by atoms with Crippen LogP contribution in [-0.2, 0) is 9.59 Å². The molecule has 1 saturated heterocycles. The molecular weight excluding hydrogens is 252 g/mol. The number of nitrogens with one attached hydrogen (secondary N) is 1. The van der Waals surface area contributed by atoms with Crippen LogP contribution >= 0.6 is 0 Å². The van der Waals surface area contributed by atoms with Gasteiger partial charge in [-0.3, -0.25) is 9.59 Å². The van der Waals surface area contributed by atoms with Crippen molar-refractivity contribution in [3.8, 4) is 0 Å². The number of piperazine rings is 1. The van der Waals surface area contributed by atoms with E-state index < -0.39 is 5.54 Å². The molecule has 0 radical (unpaired) electrons. The van der Waals surface area contributed by atoms with Gasteiger partial charge in [-0.15, -0.1) is 0 Å². The summed E-state index contributed by atoms with van der Waals surface area (Å²) in [6, 6.07) is -0.173. The number of nitrogens with zero attached hydrogens (tertiary/aromatic N) is 1. The van der Waals surface area contributed by atoms with Gasteiger partial charge in [-0.05, 0) is 45.4 Å². The molecule has 2 unspecified atom stereocenters. The van der Waals surface area contributed by atoms with Gasteiger partial charge in [0.05, 0.1) is 0 Å². The van der Waals surface area contributed by atoms with Crippen LogP contribution in [0.25, 0.3) is 0 Å². The first-order valence-electron chi connectivity index (χ1n) is 8.11. The third kappa shape index (κ3) is 2.33. The van der Waals surface area contributed by atoms with Crippen molar-refractivity contribution in [1.82, 2.24) is 10.2 Å². The van der Waals surface area contributed by atoms with E-state index in [2.05, 4.69) is 12.2 Å². The molecule has 1 N–H and O–H groups in total. The van der Waals surface area contributed by atoms with E-state index in [-0.39, 0.29) is 23.9 Å².